The quantitative estimate of drug-likeness (QED) is 0.671. The van der Waals surface area contributed by atoms with Crippen molar-refractivity contribution in [3.63, 3.8) is 0 Å². The Bertz CT molecular complexity index is 656. The Morgan fingerprint density at radius 3 is 2.29 bits per heavy atom. The predicted molar refractivity (Wildman–Crippen MR) is 120 cm³/mol. The molecule has 2 aliphatic carbocycles. The van der Waals surface area contributed by atoms with Gasteiger partial charge in [0.2, 0.25) is 0 Å². The molecule has 1 unspecified atom stereocenters. The lowest BCUT2D eigenvalue weighted by molar-refractivity contribution is -0.126. The molecule has 1 aliphatic heterocycles. The van der Waals surface area contributed by atoms with Crippen molar-refractivity contribution in [3.05, 3.63) is 29.8 Å². The summed E-state index contributed by atoms with van der Waals surface area (Å²) in [6.07, 6.45) is 9.51. The molecule has 4 rings (SSSR count). The van der Waals surface area contributed by atoms with E-state index in [2.05, 4.69) is 47.9 Å². The maximum absolute atomic E-state index is 12.3. The Labute approximate surface area is 177 Å². The lowest BCUT2D eigenvalue weighted by Crippen LogP contribution is -2.53. The molecular weight excluding hydrogens is 368 g/mol. The highest BCUT2D eigenvalue weighted by Gasteiger charge is 2.32. The van der Waals surface area contributed by atoms with Crippen molar-refractivity contribution in [2.24, 2.45) is 5.41 Å². The van der Waals surface area contributed by atoms with Gasteiger partial charge in [-0.2, -0.15) is 0 Å². The molecule has 1 atom stereocenters. The Hall–Kier alpha value is -1.06. The lowest BCUT2D eigenvalue weighted by atomic mass is 9.71. The van der Waals surface area contributed by atoms with Crippen molar-refractivity contribution in [2.45, 2.75) is 77.2 Å². The molecule has 28 heavy (non-hydrogen) atoms. The van der Waals surface area contributed by atoms with Crippen molar-refractivity contribution < 1.29 is 4.79 Å². The van der Waals surface area contributed by atoms with Crippen LogP contribution < -0.4 is 4.90 Å². The van der Waals surface area contributed by atoms with Gasteiger partial charge in [0.25, 0.3) is 0 Å². The van der Waals surface area contributed by atoms with Gasteiger partial charge in [0.05, 0.1) is 6.04 Å². The van der Waals surface area contributed by atoms with E-state index in [0.29, 0.717) is 17.1 Å². The second-order valence-corrected chi connectivity index (χ2v) is 9.75. The summed E-state index contributed by atoms with van der Waals surface area (Å²) >= 11 is 0. The minimum Gasteiger partial charge on any atom is -0.369 e. The summed E-state index contributed by atoms with van der Waals surface area (Å²) in [6.45, 7) is 9.00. The van der Waals surface area contributed by atoms with Gasteiger partial charge in [-0.05, 0) is 61.5 Å². The molecule has 0 bridgehead atoms. The number of hydrogen-bond acceptors (Lipinski definition) is 3. The number of ketones is 1. The fourth-order valence-corrected chi connectivity index (χ4v) is 5.46. The van der Waals surface area contributed by atoms with Crippen molar-refractivity contribution in [1.29, 1.82) is 0 Å². The number of carbonyl (C=O) groups is 1. The SMILES string of the molecule is CC1(C)CCC(c2ccccc2N2CCN(C3CCCCC3=O)CC2)CC1.Cl. The maximum atomic E-state index is 12.3. The third-order valence-electron chi connectivity index (χ3n) is 7.33. The monoisotopic (exact) mass is 404 g/mol. The van der Waals surface area contributed by atoms with E-state index < -0.39 is 0 Å². The van der Waals surface area contributed by atoms with Crippen molar-refractivity contribution in [2.75, 3.05) is 31.1 Å². The summed E-state index contributed by atoms with van der Waals surface area (Å²) in [5, 5.41) is 0. The van der Waals surface area contributed by atoms with Gasteiger partial charge in [-0.3, -0.25) is 9.69 Å². The highest BCUT2D eigenvalue weighted by molar-refractivity contribution is 5.85. The molecule has 156 valence electrons. The van der Waals surface area contributed by atoms with Crippen LogP contribution in [0, 0.1) is 5.41 Å². The first-order chi connectivity index (χ1) is 13.0. The van der Waals surface area contributed by atoms with Crippen LogP contribution in [0.2, 0.25) is 0 Å². The van der Waals surface area contributed by atoms with Crippen LogP contribution in [0.5, 0.6) is 0 Å². The molecule has 2 saturated carbocycles. The molecular formula is C24H37ClN2O. The second-order valence-electron chi connectivity index (χ2n) is 9.75. The first-order valence-corrected chi connectivity index (χ1v) is 11.1. The summed E-state index contributed by atoms with van der Waals surface area (Å²) in [6, 6.07) is 9.32. The number of benzene rings is 1. The van der Waals surface area contributed by atoms with Gasteiger partial charge in [0.15, 0.2) is 0 Å². The molecule has 0 aromatic heterocycles. The number of piperazine rings is 1. The van der Waals surface area contributed by atoms with Gasteiger partial charge in [-0.25, -0.2) is 0 Å². The number of para-hydroxylation sites is 1. The normalized spacial score (nSPS) is 26.7. The predicted octanol–water partition coefficient (Wildman–Crippen LogP) is 5.43. The molecule has 1 saturated heterocycles. The Kier molecular flexibility index (Phi) is 7.09. The van der Waals surface area contributed by atoms with Crippen LogP contribution in [-0.2, 0) is 4.79 Å². The average molecular weight is 405 g/mol. The summed E-state index contributed by atoms with van der Waals surface area (Å²) in [7, 11) is 0. The number of Topliss-reactive ketones (excluding diaryl/α,β-unsaturated/α-hetero) is 1. The molecule has 0 spiro atoms. The van der Waals surface area contributed by atoms with Gasteiger partial charge >= 0.3 is 0 Å². The van der Waals surface area contributed by atoms with Gasteiger partial charge in [0.1, 0.15) is 5.78 Å². The zero-order chi connectivity index (χ0) is 18.9. The van der Waals surface area contributed by atoms with Crippen molar-refractivity contribution >= 4 is 23.9 Å². The van der Waals surface area contributed by atoms with E-state index in [-0.39, 0.29) is 18.4 Å². The molecule has 1 aromatic carbocycles. The van der Waals surface area contributed by atoms with Gasteiger partial charge in [-0.15, -0.1) is 12.4 Å². The summed E-state index contributed by atoms with van der Waals surface area (Å²) in [5.74, 6) is 1.20. The van der Waals surface area contributed by atoms with E-state index in [1.165, 1.54) is 37.8 Å². The second kappa shape index (κ2) is 9.17. The van der Waals surface area contributed by atoms with E-state index in [9.17, 15) is 4.79 Å². The molecule has 0 N–H and O–H groups in total. The lowest BCUT2D eigenvalue weighted by Gasteiger charge is -2.42. The van der Waals surface area contributed by atoms with Crippen LogP contribution >= 0.6 is 12.4 Å². The zero-order valence-corrected chi connectivity index (χ0v) is 18.5. The first-order valence-electron chi connectivity index (χ1n) is 11.1. The van der Waals surface area contributed by atoms with Gasteiger partial charge in [0, 0.05) is 38.3 Å². The van der Waals surface area contributed by atoms with E-state index in [4.69, 9.17) is 0 Å². The Balaban J connectivity index is 0.00000225. The first kappa shape index (κ1) is 21.6. The van der Waals surface area contributed by atoms with E-state index >= 15 is 0 Å². The molecule has 1 aromatic rings. The van der Waals surface area contributed by atoms with E-state index in [0.717, 1.165) is 45.4 Å². The smallest absolute Gasteiger partial charge is 0.149 e. The van der Waals surface area contributed by atoms with Crippen LogP contribution in [0.3, 0.4) is 0 Å². The van der Waals surface area contributed by atoms with Crippen LogP contribution in [0.15, 0.2) is 24.3 Å². The average Bonchev–Trinajstić information content (AvgIpc) is 2.69. The number of rotatable bonds is 3. The van der Waals surface area contributed by atoms with E-state index in [1.54, 1.807) is 5.56 Å². The molecule has 3 aliphatic rings. The van der Waals surface area contributed by atoms with Crippen molar-refractivity contribution in [1.82, 2.24) is 4.90 Å². The number of nitrogens with zero attached hydrogens (tertiary/aromatic N) is 2. The van der Waals surface area contributed by atoms with Crippen LogP contribution in [0.1, 0.15) is 76.7 Å². The van der Waals surface area contributed by atoms with Crippen LogP contribution in [0.25, 0.3) is 0 Å². The number of carbonyl (C=O) groups excluding carboxylic acids is 1. The third kappa shape index (κ3) is 4.74. The largest absolute Gasteiger partial charge is 0.369 e. The fraction of sp³-hybridized carbons (Fsp3) is 0.708. The Morgan fingerprint density at radius 2 is 1.61 bits per heavy atom. The fourth-order valence-electron chi connectivity index (χ4n) is 5.46. The minimum absolute atomic E-state index is 0. The van der Waals surface area contributed by atoms with Crippen LogP contribution in [0.4, 0.5) is 5.69 Å². The van der Waals surface area contributed by atoms with Crippen molar-refractivity contribution in [3.8, 4) is 0 Å². The molecule has 1 heterocycles. The van der Waals surface area contributed by atoms with Gasteiger partial charge < -0.3 is 4.90 Å². The molecule has 0 amide bonds. The zero-order valence-electron chi connectivity index (χ0n) is 17.7. The highest BCUT2D eigenvalue weighted by atomic mass is 35.5. The number of halogens is 1. The molecule has 3 nitrogen and oxygen atoms in total. The summed E-state index contributed by atoms with van der Waals surface area (Å²) in [5.41, 5.74) is 3.54. The highest BCUT2D eigenvalue weighted by Crippen LogP contribution is 2.44. The summed E-state index contributed by atoms with van der Waals surface area (Å²) in [4.78, 5) is 17.3. The topological polar surface area (TPSA) is 23.6 Å². The minimum atomic E-state index is 0. The summed E-state index contributed by atoms with van der Waals surface area (Å²) < 4.78 is 0. The van der Waals surface area contributed by atoms with E-state index in [1.807, 2.05) is 0 Å². The molecule has 4 heteroatoms. The Morgan fingerprint density at radius 1 is 0.929 bits per heavy atom. The van der Waals surface area contributed by atoms with Gasteiger partial charge in [-0.1, -0.05) is 38.5 Å². The molecule has 3 fully saturated rings. The van der Waals surface area contributed by atoms with Crippen LogP contribution in [-0.4, -0.2) is 42.9 Å². The maximum Gasteiger partial charge on any atom is 0.149 e. The number of anilines is 1. The number of hydrogen-bond donors (Lipinski definition) is 0. The molecule has 0 radical (unpaired) electrons. The third-order valence-corrected chi connectivity index (χ3v) is 7.33. The standard InChI is InChI=1S/C24H36N2O.ClH/c1-24(2)13-11-19(12-14-24)20-7-3-4-8-21(20)25-15-17-26(18-16-25)22-9-5-6-10-23(22)27;/h3-4,7-8,19,22H,5-6,9-18H2,1-2H3;1H.